The van der Waals surface area contributed by atoms with Gasteiger partial charge in [0, 0.05) is 97.1 Å². The minimum absolute atomic E-state index is 0.00829. The van der Waals surface area contributed by atoms with Gasteiger partial charge in [0.05, 0.1) is 106 Å². The number of nitrogens with two attached hydrogens (primary N) is 3. The number of hydrogen-bond acceptors (Lipinski definition) is 21. The van der Waals surface area contributed by atoms with Crippen molar-refractivity contribution in [1.29, 1.82) is 0 Å². The molecule has 106 heavy (non-hydrogen) atoms. The number of fused-ring (bicyclic) bond motifs is 3. The number of ether oxygens (including phenoxy) is 4. The molecule has 0 radical (unpaired) electrons. The van der Waals surface area contributed by atoms with Crippen molar-refractivity contribution >= 4 is 41.8 Å². The van der Waals surface area contributed by atoms with Gasteiger partial charge in [0.25, 0.3) is 0 Å². The molecule has 572 valence electrons. The Balaban J connectivity index is 0.000000171. The lowest BCUT2D eigenvalue weighted by Gasteiger charge is -2.28. The highest BCUT2D eigenvalue weighted by atomic mass is 19.4. The summed E-state index contributed by atoms with van der Waals surface area (Å²) in [6.45, 7) is 9.94. The van der Waals surface area contributed by atoms with Gasteiger partial charge in [0.2, 0.25) is 23.8 Å². The minimum Gasteiger partial charge on any atom is -0.493 e. The Bertz CT molecular complexity index is 4270. The number of aliphatic hydroxyl groups is 2. The Morgan fingerprint density at radius 3 is 1.40 bits per heavy atom. The summed E-state index contributed by atoms with van der Waals surface area (Å²) in [5.41, 5.74) is 28.7. The lowest BCUT2D eigenvalue weighted by atomic mass is 9.93. The molecule has 0 atom stereocenters. The predicted molar refractivity (Wildman–Crippen MR) is 370 cm³/mol. The van der Waals surface area contributed by atoms with E-state index >= 15 is 0 Å². The van der Waals surface area contributed by atoms with Crippen molar-refractivity contribution in [2.75, 3.05) is 43.6 Å². The molecule has 2 aliphatic carbocycles. The van der Waals surface area contributed by atoms with Crippen LogP contribution in [0.25, 0.3) is 33.8 Å². The van der Waals surface area contributed by atoms with Crippen LogP contribution in [0.5, 0.6) is 17.2 Å². The highest BCUT2D eigenvalue weighted by molar-refractivity contribution is 5.92. The van der Waals surface area contributed by atoms with Crippen LogP contribution in [0, 0.1) is 20.8 Å². The molecule has 11 N–H and O–H groups in total. The molecule has 0 saturated heterocycles. The molecule has 0 unspecified atom stereocenters. The fraction of sp³-hybridized carbons (Fsp3) is 0.479. The first-order valence-corrected chi connectivity index (χ1v) is 34.4. The Morgan fingerprint density at radius 1 is 0.557 bits per heavy atom. The third-order valence-electron chi connectivity index (χ3n) is 17.8. The lowest BCUT2D eigenvalue weighted by Crippen LogP contribution is -2.45. The zero-order valence-corrected chi connectivity index (χ0v) is 59.1. The maximum Gasteiger partial charge on any atom is 0.389 e. The molecule has 3 aliphatic heterocycles. The number of halogens is 9. The average Bonchev–Trinajstić information content (AvgIpc) is 1.50. The number of carbonyl (C=O) groups is 4. The summed E-state index contributed by atoms with van der Waals surface area (Å²) < 4.78 is 136. The third kappa shape index (κ3) is 21.5. The Labute approximate surface area is 604 Å². The van der Waals surface area contributed by atoms with Crippen molar-refractivity contribution in [3.05, 3.63) is 122 Å². The lowest BCUT2D eigenvalue weighted by molar-refractivity contribution is -0.137. The summed E-state index contributed by atoms with van der Waals surface area (Å²) in [7, 11) is 0. The molecule has 35 heteroatoms. The van der Waals surface area contributed by atoms with Gasteiger partial charge >= 0.3 is 36.6 Å². The molecule has 0 spiro atoms. The van der Waals surface area contributed by atoms with E-state index in [0.717, 1.165) is 60.1 Å². The molecule has 0 bridgehead atoms. The van der Waals surface area contributed by atoms with Gasteiger partial charge in [-0.05, 0) is 138 Å². The molecular weight excluding hydrogens is 1410 g/mol. The summed E-state index contributed by atoms with van der Waals surface area (Å²) in [5.74, 6) is 0.299. The normalized spacial score (nSPS) is 14.5. The number of imidazole rings is 1. The zero-order valence-electron chi connectivity index (χ0n) is 59.1. The second kappa shape index (κ2) is 35.3. The van der Waals surface area contributed by atoms with Crippen LogP contribution in [0.15, 0.2) is 55.1 Å². The van der Waals surface area contributed by atoms with Crippen molar-refractivity contribution in [3.8, 4) is 51.0 Å². The van der Waals surface area contributed by atoms with Crippen LogP contribution in [-0.4, -0.2) is 140 Å². The molecule has 4 aromatic heterocycles. The van der Waals surface area contributed by atoms with E-state index in [2.05, 4.69) is 50.8 Å². The number of aryl methyl sites for hydroxylation is 3. The van der Waals surface area contributed by atoms with Gasteiger partial charge in [-0.3, -0.25) is 9.36 Å². The smallest absolute Gasteiger partial charge is 0.389 e. The Kier molecular flexibility index (Phi) is 26.6. The van der Waals surface area contributed by atoms with Crippen molar-refractivity contribution < 1.29 is 87.9 Å². The second-order valence-electron chi connectivity index (χ2n) is 26.0. The molecule has 7 aromatic rings. The third-order valence-corrected chi connectivity index (χ3v) is 17.8. The number of nitrogens with zero attached hydrogens (tertiary/aromatic N) is 10. The molecule has 4 amide bonds. The molecule has 3 aromatic carbocycles. The number of aromatic nitrogens is 8. The first-order chi connectivity index (χ1) is 50.3. The molecule has 26 nitrogen and oxygen atoms in total. The molecule has 12 rings (SSSR count). The number of alkyl halides is 9. The minimum atomic E-state index is -4.30. The Morgan fingerprint density at radius 2 is 0.981 bits per heavy atom. The number of benzene rings is 3. The summed E-state index contributed by atoms with van der Waals surface area (Å²) in [5, 5.41) is 28.2. The van der Waals surface area contributed by atoms with Crippen LogP contribution in [0.3, 0.4) is 0 Å². The van der Waals surface area contributed by atoms with Gasteiger partial charge in [-0.25, -0.2) is 49.3 Å². The topological polar surface area (TPSA) is 361 Å². The fourth-order valence-corrected chi connectivity index (χ4v) is 12.3. The van der Waals surface area contributed by atoms with Crippen LogP contribution in [0.1, 0.15) is 163 Å². The summed E-state index contributed by atoms with van der Waals surface area (Å²) in [6.07, 6.45) is -5.02. The number of amides is 4. The SMILES string of the molecule is CCOC(=O)c1cc(C)c(-c2nc(N)nc3c2CN(C(C)=O)C3)c(OCCCC(F)(F)F)c1.Cc1cc(CO)cc(OCCCC(F)(F)F)c1-c1nc(N)nc2c1CN(C(=O)NC1CCC1)C2.Cc1cc(CO)cc(OCCCC(F)(F)F)c1-c1nc(N)nc2c1CNC2.O=C(NC1CCC1)n1ccnc1. The molecular formula is C71H85F9N16O10. The number of hydrogen-bond donors (Lipinski definition) is 8. The Hall–Kier alpha value is -10.2. The summed E-state index contributed by atoms with van der Waals surface area (Å²) in [4.78, 5) is 81.2. The average molecular weight is 1490 g/mol. The van der Waals surface area contributed by atoms with Crippen molar-refractivity contribution in [2.45, 2.75) is 195 Å². The van der Waals surface area contributed by atoms with E-state index in [1.807, 2.05) is 6.92 Å². The summed E-state index contributed by atoms with van der Waals surface area (Å²) in [6, 6.07) is 10.1. The maximum absolute atomic E-state index is 12.7. The van der Waals surface area contributed by atoms with E-state index in [0.29, 0.717) is 98.0 Å². The van der Waals surface area contributed by atoms with E-state index in [4.69, 9.17) is 36.1 Å². The van der Waals surface area contributed by atoms with E-state index < -0.39 is 43.8 Å². The van der Waals surface area contributed by atoms with E-state index in [1.165, 1.54) is 30.3 Å². The highest BCUT2D eigenvalue weighted by Gasteiger charge is 2.35. The first-order valence-electron chi connectivity index (χ1n) is 34.4. The molecule has 5 aliphatic rings. The number of nitrogens with one attached hydrogen (secondary N) is 3. The number of rotatable bonds is 21. The number of anilines is 3. The predicted octanol–water partition coefficient (Wildman–Crippen LogP) is 11.5. The zero-order chi connectivity index (χ0) is 76.8. The fourth-order valence-electron chi connectivity index (χ4n) is 12.3. The maximum atomic E-state index is 12.7. The monoisotopic (exact) mass is 1490 g/mol. The number of carbonyl (C=O) groups excluding carboxylic acids is 4. The number of urea groups is 1. The molecule has 2 fully saturated rings. The standard InChI is InChI=1S/C23H28F3N5O3.C22H25F3N4O4.C18H21F3N4O2.C8H11N3O/c1-13-8-14(12-32)9-18(34-7-3-6-23(24,25)26)19(13)20-16-10-31(11-17(16)29-21(27)30-20)22(33)28-15-4-2-5-15;1-4-32-20(31)14-8-12(2)18(17(9-14)33-7-5-6-22(23,24)25)19-15-10-29(13(3)30)11-16(15)27-21(26)28-19;1-10-5-11(9-26)6-14(27-4-2-3-18(19,20)21)15(10)16-12-7-23-8-13(12)24-17(22)25-16;12-8(10-7-2-1-3-7)11-5-4-9-6-11/h8-9,15,32H,2-7,10-12H2,1H3,(H,28,33)(H2,27,29,30);8-9H,4-7,10-11H2,1-3H3,(H2,26,27,28);5-6,23,26H,2-4,7-9H2,1H3,(H2,22,24,25);4-7H,1-3H2,(H,10,12). The van der Waals surface area contributed by atoms with Gasteiger partial charge in [0.15, 0.2) is 0 Å². The number of nitrogen functional groups attached to an aromatic ring is 3. The number of aliphatic hydroxyl groups excluding tert-OH is 2. The van der Waals surface area contributed by atoms with E-state index in [-0.39, 0.29) is 138 Å². The van der Waals surface area contributed by atoms with Crippen molar-refractivity contribution in [2.24, 2.45) is 0 Å². The van der Waals surface area contributed by atoms with Gasteiger partial charge in [-0.2, -0.15) is 39.5 Å². The van der Waals surface area contributed by atoms with Crippen LogP contribution in [0.4, 0.5) is 66.9 Å². The molecule has 2 saturated carbocycles. The van der Waals surface area contributed by atoms with Crippen LogP contribution in [-0.2, 0) is 62.0 Å². The van der Waals surface area contributed by atoms with Crippen molar-refractivity contribution in [1.82, 2.24) is 65.2 Å². The second-order valence-corrected chi connectivity index (χ2v) is 26.0. The van der Waals surface area contributed by atoms with Gasteiger partial charge < -0.3 is 72.1 Å². The quantitative estimate of drug-likeness (QED) is 0.0188. The van der Waals surface area contributed by atoms with Crippen LogP contribution in [0.2, 0.25) is 0 Å². The highest BCUT2D eigenvalue weighted by Crippen LogP contribution is 2.43. The van der Waals surface area contributed by atoms with Gasteiger partial charge in [-0.1, -0.05) is 12.1 Å². The van der Waals surface area contributed by atoms with Gasteiger partial charge in [0.1, 0.15) is 23.6 Å². The first kappa shape index (κ1) is 79.9. The van der Waals surface area contributed by atoms with Crippen molar-refractivity contribution in [3.63, 3.8) is 0 Å². The summed E-state index contributed by atoms with van der Waals surface area (Å²) >= 11 is 0. The largest absolute Gasteiger partial charge is 0.493 e. The van der Waals surface area contributed by atoms with Crippen LogP contribution >= 0.6 is 0 Å². The molecule has 7 heterocycles. The van der Waals surface area contributed by atoms with Gasteiger partial charge in [-0.15, -0.1) is 0 Å². The van der Waals surface area contributed by atoms with Crippen LogP contribution < -0.4 is 47.4 Å². The van der Waals surface area contributed by atoms with E-state index in [9.17, 15) is 68.9 Å². The number of esters is 1. The van der Waals surface area contributed by atoms with E-state index in [1.54, 1.807) is 73.3 Å².